The molecule has 0 aromatic rings. The molecule has 1 aliphatic heterocycles. The zero-order valence-electron chi connectivity index (χ0n) is 3.97. The predicted octanol–water partition coefficient (Wildman–Crippen LogP) is -1.34. The lowest BCUT2D eigenvalue weighted by Gasteiger charge is -2.08. The maximum atomic E-state index is 4.08. The van der Waals surface area contributed by atoms with Gasteiger partial charge in [-0.3, -0.25) is 0 Å². The van der Waals surface area contributed by atoms with Gasteiger partial charge in [0.05, 0.1) is 0 Å². The molecule has 1 aliphatic rings. The Morgan fingerprint density at radius 1 is 1.71 bits per heavy atom. The minimum atomic E-state index is 0.0694. The Morgan fingerprint density at radius 2 is 2.43 bits per heavy atom. The van der Waals surface area contributed by atoms with E-state index < -0.39 is 0 Å². The fraction of sp³-hybridized carbons (Fsp3) is 1.00. The summed E-state index contributed by atoms with van der Waals surface area (Å²) < 4.78 is 0. The second-order valence-corrected chi connectivity index (χ2v) is 1.85. The normalized spacial score (nSPS) is 34.3. The lowest BCUT2D eigenvalue weighted by atomic mass is 11.0. The minimum Gasteiger partial charge on any atom is -0.215 e. The molecule has 0 saturated carbocycles. The highest BCUT2D eigenvalue weighted by Gasteiger charge is 2.12. The highest BCUT2D eigenvalue weighted by molar-refractivity contribution is 7.80. The zero-order chi connectivity index (χ0) is 5.28. The molecule has 1 saturated heterocycles. The van der Waals surface area contributed by atoms with E-state index in [-0.39, 0.29) is 5.50 Å². The van der Waals surface area contributed by atoms with Crippen molar-refractivity contribution < 1.29 is 0 Å². The SMILES string of the molecule is CN1NNNC1S. The van der Waals surface area contributed by atoms with E-state index in [0.29, 0.717) is 0 Å². The number of hydrogen-bond donors (Lipinski definition) is 4. The minimum absolute atomic E-state index is 0.0694. The van der Waals surface area contributed by atoms with Gasteiger partial charge < -0.3 is 0 Å². The van der Waals surface area contributed by atoms with E-state index in [2.05, 4.69) is 29.1 Å². The van der Waals surface area contributed by atoms with E-state index >= 15 is 0 Å². The van der Waals surface area contributed by atoms with Crippen molar-refractivity contribution in [1.29, 1.82) is 0 Å². The molecule has 0 bridgehead atoms. The first-order valence-electron chi connectivity index (χ1n) is 1.98. The van der Waals surface area contributed by atoms with Crippen LogP contribution in [0.4, 0.5) is 0 Å². The summed E-state index contributed by atoms with van der Waals surface area (Å²) in [5.74, 6) is 0. The summed E-state index contributed by atoms with van der Waals surface area (Å²) in [6.45, 7) is 0. The summed E-state index contributed by atoms with van der Waals surface area (Å²) in [6.07, 6.45) is 0. The average Bonchev–Trinajstić information content (AvgIpc) is 1.91. The molecule has 42 valence electrons. The molecule has 7 heavy (non-hydrogen) atoms. The Balaban J connectivity index is 2.33. The van der Waals surface area contributed by atoms with Crippen LogP contribution in [0.15, 0.2) is 0 Å². The summed E-state index contributed by atoms with van der Waals surface area (Å²) in [7, 11) is 1.88. The number of nitrogens with zero attached hydrogens (tertiary/aromatic N) is 1. The van der Waals surface area contributed by atoms with E-state index in [1.54, 1.807) is 5.01 Å². The second kappa shape index (κ2) is 1.97. The van der Waals surface area contributed by atoms with Crippen LogP contribution >= 0.6 is 12.6 Å². The van der Waals surface area contributed by atoms with Crippen molar-refractivity contribution in [2.24, 2.45) is 0 Å². The van der Waals surface area contributed by atoms with E-state index in [1.165, 1.54) is 0 Å². The number of hydrogen-bond acceptors (Lipinski definition) is 5. The molecule has 1 atom stereocenters. The second-order valence-electron chi connectivity index (χ2n) is 1.37. The van der Waals surface area contributed by atoms with Gasteiger partial charge in [-0.05, 0) is 0 Å². The van der Waals surface area contributed by atoms with Gasteiger partial charge in [0.2, 0.25) is 0 Å². The molecule has 5 heteroatoms. The van der Waals surface area contributed by atoms with Gasteiger partial charge in [0.15, 0.2) is 0 Å². The van der Waals surface area contributed by atoms with Gasteiger partial charge in [-0.2, -0.15) is 11.1 Å². The monoisotopic (exact) mass is 120 g/mol. The van der Waals surface area contributed by atoms with Crippen molar-refractivity contribution in [3.63, 3.8) is 0 Å². The van der Waals surface area contributed by atoms with Gasteiger partial charge in [-0.1, -0.05) is 0 Å². The molecule has 0 spiro atoms. The van der Waals surface area contributed by atoms with Gasteiger partial charge in [0.25, 0.3) is 0 Å². The van der Waals surface area contributed by atoms with Gasteiger partial charge >= 0.3 is 0 Å². The van der Waals surface area contributed by atoms with Crippen LogP contribution in [-0.4, -0.2) is 17.6 Å². The standard InChI is InChI=1S/C2H8N4S/c1-6-2(7)3-4-5-6/h2-5,7H,1H3. The van der Waals surface area contributed by atoms with Crippen LogP contribution in [0.3, 0.4) is 0 Å². The van der Waals surface area contributed by atoms with Gasteiger partial charge in [-0.25, -0.2) is 10.4 Å². The third kappa shape index (κ3) is 1.05. The van der Waals surface area contributed by atoms with E-state index in [0.717, 1.165) is 0 Å². The molecule has 1 fully saturated rings. The Labute approximate surface area is 47.6 Å². The Morgan fingerprint density at radius 3 is 2.57 bits per heavy atom. The summed E-state index contributed by atoms with van der Waals surface area (Å²) in [6, 6.07) is 0. The molecule has 0 aromatic heterocycles. The van der Waals surface area contributed by atoms with Crippen molar-refractivity contribution in [1.82, 2.24) is 21.5 Å². The third-order valence-electron chi connectivity index (χ3n) is 0.800. The largest absolute Gasteiger partial charge is 0.215 e. The van der Waals surface area contributed by atoms with E-state index in [1.807, 2.05) is 7.05 Å². The topological polar surface area (TPSA) is 39.3 Å². The fourth-order valence-corrected chi connectivity index (χ4v) is 0.465. The van der Waals surface area contributed by atoms with Crippen molar-refractivity contribution in [3.05, 3.63) is 0 Å². The Hall–Kier alpha value is 0.190. The molecular formula is C2H8N4S. The average molecular weight is 120 g/mol. The van der Waals surface area contributed by atoms with Gasteiger partial charge in [0, 0.05) is 7.05 Å². The summed E-state index contributed by atoms with van der Waals surface area (Å²) in [5, 5.41) is 1.79. The molecule has 0 aromatic carbocycles. The van der Waals surface area contributed by atoms with Crippen molar-refractivity contribution in [3.8, 4) is 0 Å². The lowest BCUT2D eigenvalue weighted by molar-refractivity contribution is 0.274. The first-order chi connectivity index (χ1) is 3.30. The van der Waals surface area contributed by atoms with E-state index in [9.17, 15) is 0 Å². The number of thiol groups is 1. The van der Waals surface area contributed by atoms with Crippen LogP contribution in [0, 0.1) is 0 Å². The maximum absolute atomic E-state index is 4.08. The molecule has 4 nitrogen and oxygen atoms in total. The summed E-state index contributed by atoms with van der Waals surface area (Å²) >= 11 is 4.08. The van der Waals surface area contributed by atoms with Crippen LogP contribution in [-0.2, 0) is 0 Å². The summed E-state index contributed by atoms with van der Waals surface area (Å²) in [5.41, 5.74) is 8.30. The Kier molecular flexibility index (Phi) is 1.50. The van der Waals surface area contributed by atoms with Crippen LogP contribution in [0.25, 0.3) is 0 Å². The van der Waals surface area contributed by atoms with Gasteiger partial charge in [0.1, 0.15) is 5.50 Å². The molecular weight excluding hydrogens is 112 g/mol. The highest BCUT2D eigenvalue weighted by atomic mass is 32.1. The quantitative estimate of drug-likeness (QED) is 0.299. The zero-order valence-corrected chi connectivity index (χ0v) is 4.87. The first kappa shape index (κ1) is 5.33. The highest BCUT2D eigenvalue weighted by Crippen LogP contribution is 1.92. The molecule has 0 aliphatic carbocycles. The fourth-order valence-electron chi connectivity index (χ4n) is 0.343. The number of rotatable bonds is 0. The third-order valence-corrected chi connectivity index (χ3v) is 1.28. The summed E-state index contributed by atoms with van der Waals surface area (Å²) in [4.78, 5) is 0. The van der Waals surface area contributed by atoms with Crippen LogP contribution in [0.2, 0.25) is 0 Å². The van der Waals surface area contributed by atoms with Crippen molar-refractivity contribution in [2.75, 3.05) is 7.05 Å². The van der Waals surface area contributed by atoms with Crippen LogP contribution in [0.1, 0.15) is 0 Å². The smallest absolute Gasteiger partial charge is 0.132 e. The molecule has 1 rings (SSSR count). The molecule has 0 radical (unpaired) electrons. The van der Waals surface area contributed by atoms with Gasteiger partial charge in [-0.15, -0.1) is 12.6 Å². The first-order valence-corrected chi connectivity index (χ1v) is 2.49. The molecule has 1 unspecified atom stereocenters. The van der Waals surface area contributed by atoms with Crippen molar-refractivity contribution in [2.45, 2.75) is 5.50 Å². The molecule has 1 heterocycles. The maximum Gasteiger partial charge on any atom is 0.132 e. The number of nitrogens with one attached hydrogen (secondary N) is 3. The Bertz CT molecular complexity index is 58.7. The van der Waals surface area contributed by atoms with Crippen molar-refractivity contribution >= 4 is 12.6 Å². The molecule has 0 amide bonds. The lowest BCUT2D eigenvalue weighted by Crippen LogP contribution is -2.34. The van der Waals surface area contributed by atoms with E-state index in [4.69, 9.17) is 0 Å². The van der Waals surface area contributed by atoms with Crippen LogP contribution < -0.4 is 16.5 Å². The predicted molar refractivity (Wildman–Crippen MR) is 29.9 cm³/mol. The van der Waals surface area contributed by atoms with Crippen LogP contribution in [0.5, 0.6) is 0 Å². The molecule has 3 N–H and O–H groups in total. The number of hydrazine groups is 3.